The Balaban J connectivity index is 1.55. The summed E-state index contributed by atoms with van der Waals surface area (Å²) in [6.07, 6.45) is 7.13. The van der Waals surface area contributed by atoms with Crippen LogP contribution in [0.4, 0.5) is 0 Å². The number of carbonyl (C=O) groups is 2. The van der Waals surface area contributed by atoms with Gasteiger partial charge in [-0.2, -0.15) is 0 Å². The molecule has 25 heavy (non-hydrogen) atoms. The molecule has 0 aliphatic heterocycles. The van der Waals surface area contributed by atoms with E-state index in [4.69, 9.17) is 5.73 Å². The van der Waals surface area contributed by atoms with Crippen LogP contribution < -0.4 is 11.1 Å². The first-order valence-corrected chi connectivity index (χ1v) is 9.45. The number of nitrogens with two attached hydrogens (primary N) is 1. The number of hydrogen-bond donors (Lipinski definition) is 2. The van der Waals surface area contributed by atoms with Crippen molar-refractivity contribution in [3.8, 4) is 0 Å². The van der Waals surface area contributed by atoms with Crippen LogP contribution in [0.1, 0.15) is 61.4 Å². The molecule has 2 amide bonds. The number of nitrogens with zero attached hydrogens (tertiary/aromatic N) is 1. The molecule has 1 aromatic carbocycles. The van der Waals surface area contributed by atoms with Crippen molar-refractivity contribution in [3.05, 3.63) is 35.4 Å². The Morgan fingerprint density at radius 3 is 2.40 bits per heavy atom. The molecule has 2 saturated carbocycles. The molecule has 0 unspecified atom stereocenters. The first-order valence-electron chi connectivity index (χ1n) is 9.45. The topological polar surface area (TPSA) is 75.4 Å². The van der Waals surface area contributed by atoms with E-state index in [9.17, 15) is 9.59 Å². The van der Waals surface area contributed by atoms with Crippen LogP contribution in [0.3, 0.4) is 0 Å². The summed E-state index contributed by atoms with van der Waals surface area (Å²) in [5.74, 6) is 0.305. The fourth-order valence-electron chi connectivity index (χ4n) is 3.73. The molecule has 0 radical (unpaired) electrons. The number of benzene rings is 1. The summed E-state index contributed by atoms with van der Waals surface area (Å²) in [5, 5.41) is 3.25. The lowest BCUT2D eigenvalue weighted by atomic mass is 9.86. The Kier molecular flexibility index (Phi) is 5.74. The molecule has 0 saturated heterocycles. The summed E-state index contributed by atoms with van der Waals surface area (Å²) < 4.78 is 0. The molecule has 0 aromatic heterocycles. The summed E-state index contributed by atoms with van der Waals surface area (Å²) in [7, 11) is 0. The third-order valence-corrected chi connectivity index (χ3v) is 5.49. The van der Waals surface area contributed by atoms with Crippen molar-refractivity contribution in [1.29, 1.82) is 0 Å². The Bertz CT molecular complexity index is 610. The standard InChI is InChI=1S/C20H29N3O2/c1-14-4-2-3-5-18(14)22-19(24)13-23(17-10-11-17)12-15-6-8-16(9-7-15)20(21)25/h6-9,14,17-18H,2-5,10-13H2,1H3,(H2,21,25)(H,22,24)/t14-,18-/m1/s1. The number of nitrogens with one attached hydrogen (secondary N) is 1. The first-order chi connectivity index (χ1) is 12.0. The van der Waals surface area contributed by atoms with Gasteiger partial charge >= 0.3 is 0 Å². The summed E-state index contributed by atoms with van der Waals surface area (Å²) >= 11 is 0. The quantitative estimate of drug-likeness (QED) is 0.798. The monoisotopic (exact) mass is 343 g/mol. The van der Waals surface area contributed by atoms with Gasteiger partial charge in [-0.25, -0.2) is 0 Å². The Labute approximate surface area is 150 Å². The molecule has 5 heteroatoms. The normalized spacial score (nSPS) is 23.4. The van der Waals surface area contributed by atoms with Crippen molar-refractivity contribution >= 4 is 11.8 Å². The maximum absolute atomic E-state index is 12.5. The van der Waals surface area contributed by atoms with Crippen LogP contribution in [0.15, 0.2) is 24.3 Å². The number of hydrogen-bond acceptors (Lipinski definition) is 3. The molecule has 0 bridgehead atoms. The van der Waals surface area contributed by atoms with E-state index in [1.54, 1.807) is 12.1 Å². The van der Waals surface area contributed by atoms with Crippen LogP contribution in [-0.2, 0) is 11.3 Å². The SMILES string of the molecule is C[C@@H]1CCCC[C@H]1NC(=O)CN(Cc1ccc(C(N)=O)cc1)C1CC1. The van der Waals surface area contributed by atoms with Crippen LogP contribution >= 0.6 is 0 Å². The van der Waals surface area contributed by atoms with Crippen LogP contribution in [0.25, 0.3) is 0 Å². The summed E-state index contributed by atoms with van der Waals surface area (Å²) in [4.78, 5) is 25.9. The fraction of sp³-hybridized carbons (Fsp3) is 0.600. The van der Waals surface area contributed by atoms with Gasteiger partial charge in [0, 0.05) is 24.2 Å². The van der Waals surface area contributed by atoms with E-state index in [0.717, 1.165) is 31.4 Å². The molecular formula is C20H29N3O2. The third-order valence-electron chi connectivity index (χ3n) is 5.49. The number of primary amides is 1. The highest BCUT2D eigenvalue weighted by Gasteiger charge is 2.31. The maximum atomic E-state index is 12.5. The predicted octanol–water partition coefficient (Wildman–Crippen LogP) is 2.44. The van der Waals surface area contributed by atoms with Crippen molar-refractivity contribution in [1.82, 2.24) is 10.2 Å². The molecule has 5 nitrogen and oxygen atoms in total. The Morgan fingerprint density at radius 1 is 1.12 bits per heavy atom. The summed E-state index contributed by atoms with van der Waals surface area (Å²) in [6.45, 7) is 3.42. The van der Waals surface area contributed by atoms with Crippen LogP contribution in [-0.4, -0.2) is 35.3 Å². The van der Waals surface area contributed by atoms with E-state index >= 15 is 0 Å². The average molecular weight is 343 g/mol. The second kappa shape index (κ2) is 8.00. The van der Waals surface area contributed by atoms with E-state index in [1.165, 1.54) is 19.3 Å². The molecule has 2 aliphatic carbocycles. The van der Waals surface area contributed by atoms with Gasteiger partial charge in [0.2, 0.25) is 11.8 Å². The van der Waals surface area contributed by atoms with Crippen molar-refractivity contribution in [2.45, 2.75) is 64.1 Å². The lowest BCUT2D eigenvalue weighted by Crippen LogP contribution is -2.46. The third kappa shape index (κ3) is 5.05. The van der Waals surface area contributed by atoms with Crippen molar-refractivity contribution in [3.63, 3.8) is 0 Å². The highest BCUT2D eigenvalue weighted by molar-refractivity contribution is 5.92. The van der Waals surface area contributed by atoms with Crippen molar-refractivity contribution < 1.29 is 9.59 Å². The minimum atomic E-state index is -0.411. The van der Waals surface area contributed by atoms with Gasteiger partial charge in [0.1, 0.15) is 0 Å². The minimum Gasteiger partial charge on any atom is -0.366 e. The van der Waals surface area contributed by atoms with E-state index in [2.05, 4.69) is 17.1 Å². The number of carbonyl (C=O) groups excluding carboxylic acids is 2. The molecule has 3 N–H and O–H groups in total. The second-order valence-corrected chi connectivity index (χ2v) is 7.63. The second-order valence-electron chi connectivity index (χ2n) is 7.63. The van der Waals surface area contributed by atoms with Crippen LogP contribution in [0, 0.1) is 5.92 Å². The van der Waals surface area contributed by atoms with Crippen molar-refractivity contribution in [2.75, 3.05) is 6.54 Å². The lowest BCUT2D eigenvalue weighted by molar-refractivity contribution is -0.123. The zero-order chi connectivity index (χ0) is 17.8. The van der Waals surface area contributed by atoms with E-state index in [-0.39, 0.29) is 5.91 Å². The smallest absolute Gasteiger partial charge is 0.248 e. The average Bonchev–Trinajstić information content (AvgIpc) is 3.42. The molecule has 1 aromatic rings. The molecule has 2 fully saturated rings. The van der Waals surface area contributed by atoms with E-state index in [0.29, 0.717) is 30.1 Å². The zero-order valence-electron chi connectivity index (χ0n) is 15.0. The van der Waals surface area contributed by atoms with E-state index in [1.807, 2.05) is 12.1 Å². The fourth-order valence-corrected chi connectivity index (χ4v) is 3.73. The molecule has 136 valence electrons. The van der Waals surface area contributed by atoms with Gasteiger partial charge in [0.15, 0.2) is 0 Å². The van der Waals surface area contributed by atoms with Gasteiger partial charge in [0.25, 0.3) is 0 Å². The molecule has 0 heterocycles. The Morgan fingerprint density at radius 2 is 1.80 bits per heavy atom. The summed E-state index contributed by atoms with van der Waals surface area (Å²) in [5.41, 5.74) is 6.91. The first kappa shape index (κ1) is 17.9. The van der Waals surface area contributed by atoms with Gasteiger partial charge in [-0.15, -0.1) is 0 Å². The highest BCUT2D eigenvalue weighted by atomic mass is 16.2. The molecule has 2 aliphatic rings. The van der Waals surface area contributed by atoms with Gasteiger partial charge < -0.3 is 11.1 Å². The van der Waals surface area contributed by atoms with Gasteiger partial charge in [-0.05, 0) is 49.3 Å². The van der Waals surface area contributed by atoms with Gasteiger partial charge in [0.05, 0.1) is 6.54 Å². The van der Waals surface area contributed by atoms with Crippen LogP contribution in [0.2, 0.25) is 0 Å². The van der Waals surface area contributed by atoms with E-state index < -0.39 is 5.91 Å². The molecule has 2 atom stereocenters. The van der Waals surface area contributed by atoms with Gasteiger partial charge in [-0.1, -0.05) is 31.9 Å². The largest absolute Gasteiger partial charge is 0.366 e. The molecule has 0 spiro atoms. The lowest BCUT2D eigenvalue weighted by Gasteiger charge is -2.30. The number of rotatable bonds is 7. The predicted molar refractivity (Wildman–Crippen MR) is 98.0 cm³/mol. The van der Waals surface area contributed by atoms with Crippen LogP contribution in [0.5, 0.6) is 0 Å². The van der Waals surface area contributed by atoms with Gasteiger partial charge in [-0.3, -0.25) is 14.5 Å². The zero-order valence-corrected chi connectivity index (χ0v) is 15.0. The Hall–Kier alpha value is -1.88. The molecule has 3 rings (SSSR count). The number of amides is 2. The summed E-state index contributed by atoms with van der Waals surface area (Å²) in [6, 6.07) is 8.20. The maximum Gasteiger partial charge on any atom is 0.248 e. The molecular weight excluding hydrogens is 314 g/mol. The minimum absolute atomic E-state index is 0.138. The van der Waals surface area contributed by atoms with Crippen molar-refractivity contribution in [2.24, 2.45) is 11.7 Å². The highest BCUT2D eigenvalue weighted by Crippen LogP contribution is 2.28.